The summed E-state index contributed by atoms with van der Waals surface area (Å²) in [4.78, 5) is 72.4. The number of carbonyl (C=O) groups is 4. The van der Waals surface area contributed by atoms with E-state index >= 15 is 0 Å². The molecule has 0 aliphatic rings. The van der Waals surface area contributed by atoms with Crippen LogP contribution in [0, 0.1) is 11.8 Å². The van der Waals surface area contributed by atoms with Gasteiger partial charge in [-0.05, 0) is 37.5 Å². The van der Waals surface area contributed by atoms with Gasteiger partial charge in [0.25, 0.3) is 0 Å². The van der Waals surface area contributed by atoms with Gasteiger partial charge in [-0.15, -0.1) is 0 Å². The third kappa shape index (κ3) is 62.6. The average molecular weight is 1280 g/mol. The maximum Gasteiger partial charge on any atom is 0.472 e. The number of aliphatic hydroxyl groups is 1. The maximum atomic E-state index is 13.0. The Kier molecular flexibility index (Phi) is 59.0. The fourth-order valence-electron chi connectivity index (χ4n) is 10.2. The van der Waals surface area contributed by atoms with E-state index < -0.39 is 97.5 Å². The van der Waals surface area contributed by atoms with Crippen molar-refractivity contribution in [1.29, 1.82) is 0 Å². The number of hydrogen-bond donors (Lipinski definition) is 3. The van der Waals surface area contributed by atoms with Gasteiger partial charge >= 0.3 is 39.5 Å². The Morgan fingerprint density at radius 3 is 0.782 bits per heavy atom. The minimum absolute atomic E-state index is 0.103. The highest BCUT2D eigenvalue weighted by Gasteiger charge is 2.30. The van der Waals surface area contributed by atoms with Crippen molar-refractivity contribution in [2.45, 2.75) is 362 Å². The number of ether oxygens (including phenoxy) is 4. The van der Waals surface area contributed by atoms with Crippen LogP contribution in [0.2, 0.25) is 0 Å². The van der Waals surface area contributed by atoms with E-state index in [1.807, 2.05) is 0 Å². The number of rotatable bonds is 67. The van der Waals surface area contributed by atoms with E-state index in [0.29, 0.717) is 37.5 Å². The van der Waals surface area contributed by atoms with Crippen LogP contribution < -0.4 is 0 Å². The van der Waals surface area contributed by atoms with Crippen LogP contribution in [0.3, 0.4) is 0 Å². The molecule has 87 heavy (non-hydrogen) atoms. The van der Waals surface area contributed by atoms with E-state index in [2.05, 4.69) is 41.5 Å². The average Bonchev–Trinajstić information content (AvgIpc) is 3.69. The van der Waals surface area contributed by atoms with E-state index in [1.54, 1.807) is 0 Å². The Morgan fingerprint density at radius 2 is 0.529 bits per heavy atom. The van der Waals surface area contributed by atoms with Crippen molar-refractivity contribution in [2.24, 2.45) is 11.8 Å². The van der Waals surface area contributed by atoms with E-state index in [4.69, 9.17) is 37.0 Å². The lowest BCUT2D eigenvalue weighted by atomic mass is 10.0. The topological polar surface area (TPSA) is 237 Å². The van der Waals surface area contributed by atoms with E-state index in [0.717, 1.165) is 96.3 Å². The molecule has 516 valence electrons. The van der Waals surface area contributed by atoms with Crippen molar-refractivity contribution in [2.75, 3.05) is 39.6 Å². The van der Waals surface area contributed by atoms with Gasteiger partial charge in [0, 0.05) is 25.7 Å². The van der Waals surface area contributed by atoms with Gasteiger partial charge in [-0.3, -0.25) is 37.3 Å². The molecule has 17 nitrogen and oxygen atoms in total. The summed E-state index contributed by atoms with van der Waals surface area (Å²) in [6, 6.07) is 0. The van der Waals surface area contributed by atoms with Gasteiger partial charge in [-0.2, -0.15) is 0 Å². The predicted octanol–water partition coefficient (Wildman–Crippen LogP) is 19.2. The molecule has 0 saturated heterocycles. The zero-order valence-corrected chi connectivity index (χ0v) is 58.1. The molecule has 19 heteroatoms. The number of hydrogen-bond acceptors (Lipinski definition) is 15. The van der Waals surface area contributed by atoms with Gasteiger partial charge in [0.1, 0.15) is 19.3 Å². The number of aliphatic hydroxyl groups excluding tert-OH is 1. The third-order valence-electron chi connectivity index (χ3n) is 15.7. The first-order valence-electron chi connectivity index (χ1n) is 35.5. The van der Waals surface area contributed by atoms with E-state index in [1.165, 1.54) is 154 Å². The normalized spacial score (nSPS) is 14.2. The minimum atomic E-state index is -4.95. The molecule has 0 aromatic carbocycles. The fraction of sp³-hybridized carbons (Fsp3) is 0.941. The van der Waals surface area contributed by atoms with Crippen molar-refractivity contribution in [3.8, 4) is 0 Å². The molecule has 0 heterocycles. The van der Waals surface area contributed by atoms with Crippen LogP contribution in [0.25, 0.3) is 0 Å². The molecule has 0 saturated carbocycles. The molecule has 0 rings (SSSR count). The number of unbranched alkanes of at least 4 members (excludes halogenated alkanes) is 37. The molecule has 5 atom stereocenters. The third-order valence-corrected chi connectivity index (χ3v) is 17.6. The quantitative estimate of drug-likeness (QED) is 0.0222. The van der Waals surface area contributed by atoms with Crippen LogP contribution in [0.15, 0.2) is 0 Å². The zero-order valence-electron chi connectivity index (χ0n) is 56.3. The Balaban J connectivity index is 5.21. The molecule has 0 aromatic rings. The molecular formula is C68H132O17P2. The molecule has 0 aliphatic heterocycles. The van der Waals surface area contributed by atoms with Crippen LogP contribution in [0.4, 0.5) is 0 Å². The molecule has 0 fully saturated rings. The number of carbonyl (C=O) groups excluding carboxylic acids is 4. The molecule has 0 spiro atoms. The van der Waals surface area contributed by atoms with Crippen LogP contribution in [-0.2, 0) is 65.4 Å². The lowest BCUT2D eigenvalue weighted by Crippen LogP contribution is -2.30. The highest BCUT2D eigenvalue weighted by Crippen LogP contribution is 2.45. The van der Waals surface area contributed by atoms with E-state index in [9.17, 15) is 43.2 Å². The molecule has 0 aromatic heterocycles. The Bertz CT molecular complexity index is 1700. The lowest BCUT2D eigenvalue weighted by Gasteiger charge is -2.21. The van der Waals surface area contributed by atoms with Crippen molar-refractivity contribution < 1.29 is 80.2 Å². The zero-order chi connectivity index (χ0) is 64.3. The van der Waals surface area contributed by atoms with Gasteiger partial charge in [-0.25, -0.2) is 9.13 Å². The van der Waals surface area contributed by atoms with Crippen LogP contribution in [0.5, 0.6) is 0 Å². The molecule has 0 radical (unpaired) electrons. The van der Waals surface area contributed by atoms with Gasteiger partial charge in [0.05, 0.1) is 26.4 Å². The Labute approximate surface area is 530 Å². The highest BCUT2D eigenvalue weighted by atomic mass is 31.2. The van der Waals surface area contributed by atoms with E-state index in [-0.39, 0.29) is 25.7 Å². The van der Waals surface area contributed by atoms with Gasteiger partial charge < -0.3 is 33.8 Å². The molecule has 0 aliphatic carbocycles. The predicted molar refractivity (Wildman–Crippen MR) is 349 cm³/mol. The summed E-state index contributed by atoms with van der Waals surface area (Å²) in [5.74, 6) is -0.729. The summed E-state index contributed by atoms with van der Waals surface area (Å²) in [5, 5.41) is 10.6. The second-order valence-electron chi connectivity index (χ2n) is 25.5. The number of esters is 4. The number of phosphoric ester groups is 2. The van der Waals surface area contributed by atoms with Crippen LogP contribution in [-0.4, -0.2) is 96.7 Å². The smallest absolute Gasteiger partial charge is 0.462 e. The highest BCUT2D eigenvalue weighted by molar-refractivity contribution is 7.47. The molecule has 2 unspecified atom stereocenters. The molecule has 0 amide bonds. The Hall–Kier alpha value is -1.94. The monoisotopic (exact) mass is 1280 g/mol. The summed E-state index contributed by atoms with van der Waals surface area (Å²) in [7, 11) is -9.89. The SMILES string of the molecule is CCCCCCCCCCCCCCCCCCCC(=O)O[C@H](COC(=O)CCCCCCCCCC(C)C)COP(=O)(O)OC[C@@H](O)COP(=O)(O)OC[C@@H](COC(=O)CCCCCCCCCCCC)OC(=O)CCCCCCCCCC(C)C. The molecule has 3 N–H and O–H groups in total. The second-order valence-corrected chi connectivity index (χ2v) is 28.4. The Morgan fingerprint density at radius 1 is 0.310 bits per heavy atom. The van der Waals surface area contributed by atoms with Gasteiger partial charge in [0.15, 0.2) is 12.2 Å². The number of phosphoric acid groups is 2. The standard InChI is InChI=1S/C68H132O17P2/c1-7-9-11-13-15-17-19-20-21-22-23-24-25-27-33-40-46-52-67(72)84-63(57-79-66(71)51-45-39-34-28-30-36-42-48-60(3)4)58-82-86(74,75)80-54-62(69)55-81-87(76,77)83-59-64(85-68(73)53-47-41-35-29-31-37-43-49-61(5)6)56-78-65(70)50-44-38-32-26-18-16-14-12-10-8-2/h60-64,69H,7-59H2,1-6H3,(H,74,75)(H,76,77)/t62-,63-,64-/m1/s1. The largest absolute Gasteiger partial charge is 0.472 e. The van der Waals surface area contributed by atoms with Gasteiger partial charge in [0.2, 0.25) is 0 Å². The molecule has 0 bridgehead atoms. The summed E-state index contributed by atoms with van der Waals surface area (Å²) in [6.07, 6.45) is 44.6. The molecular weight excluding hydrogens is 1150 g/mol. The fourth-order valence-corrected chi connectivity index (χ4v) is 11.8. The first kappa shape index (κ1) is 85.1. The van der Waals surface area contributed by atoms with Crippen LogP contribution >= 0.6 is 15.6 Å². The summed E-state index contributed by atoms with van der Waals surface area (Å²) in [5.41, 5.74) is 0. The minimum Gasteiger partial charge on any atom is -0.462 e. The first-order valence-corrected chi connectivity index (χ1v) is 38.5. The summed E-state index contributed by atoms with van der Waals surface area (Å²) in [6.45, 7) is 9.41. The van der Waals surface area contributed by atoms with Gasteiger partial charge in [-0.1, -0.05) is 292 Å². The second kappa shape index (κ2) is 60.3. The van der Waals surface area contributed by atoms with Crippen molar-refractivity contribution in [3.05, 3.63) is 0 Å². The summed E-state index contributed by atoms with van der Waals surface area (Å²) < 4.78 is 68.1. The van der Waals surface area contributed by atoms with Crippen molar-refractivity contribution >= 4 is 39.5 Å². The van der Waals surface area contributed by atoms with Crippen molar-refractivity contribution in [3.63, 3.8) is 0 Å². The lowest BCUT2D eigenvalue weighted by molar-refractivity contribution is -0.161. The van der Waals surface area contributed by atoms with Crippen molar-refractivity contribution in [1.82, 2.24) is 0 Å². The first-order chi connectivity index (χ1) is 41.9. The van der Waals surface area contributed by atoms with Crippen LogP contribution in [0.1, 0.15) is 343 Å². The summed E-state index contributed by atoms with van der Waals surface area (Å²) >= 11 is 0. The maximum absolute atomic E-state index is 13.0.